The fraction of sp³-hybridized carbons (Fsp3) is 0.0714. The van der Waals surface area contributed by atoms with Crippen molar-refractivity contribution in [3.05, 3.63) is 60.2 Å². The molecule has 104 valence electrons. The van der Waals surface area contributed by atoms with E-state index in [2.05, 4.69) is 4.74 Å². The number of methoxy groups -OCH3 is 1. The molecule has 0 saturated heterocycles. The monoisotopic (exact) mass is 292 g/mol. The second kappa shape index (κ2) is 5.75. The van der Waals surface area contributed by atoms with Crippen molar-refractivity contribution in [3.63, 3.8) is 0 Å². The first kappa shape index (κ1) is 14.1. The summed E-state index contributed by atoms with van der Waals surface area (Å²) in [4.78, 5) is 11.6. The molecule has 0 spiro atoms. The van der Waals surface area contributed by atoms with Gasteiger partial charge in [-0.25, -0.2) is 4.79 Å². The predicted octanol–water partition coefficient (Wildman–Crippen LogP) is 2.24. The van der Waals surface area contributed by atoms with Gasteiger partial charge in [-0.15, -0.1) is 0 Å². The van der Waals surface area contributed by atoms with Crippen molar-refractivity contribution in [2.75, 3.05) is 7.11 Å². The summed E-state index contributed by atoms with van der Waals surface area (Å²) in [6.45, 7) is 0. The van der Waals surface area contributed by atoms with Crippen LogP contribution in [0.15, 0.2) is 59.5 Å². The lowest BCUT2D eigenvalue weighted by atomic mass is 10.2. The molecule has 0 unspecified atom stereocenters. The SMILES string of the molecule is COC(=O)c1ccccc1OS(=O)(=O)c1ccccc1. The number of para-hydroxylation sites is 1. The van der Waals surface area contributed by atoms with Crippen molar-refractivity contribution in [1.29, 1.82) is 0 Å². The summed E-state index contributed by atoms with van der Waals surface area (Å²) in [7, 11) is -2.77. The normalized spacial score (nSPS) is 10.8. The highest BCUT2D eigenvalue weighted by Gasteiger charge is 2.20. The van der Waals surface area contributed by atoms with Crippen LogP contribution in [0.3, 0.4) is 0 Å². The van der Waals surface area contributed by atoms with Crippen molar-refractivity contribution in [3.8, 4) is 5.75 Å². The van der Waals surface area contributed by atoms with Gasteiger partial charge in [-0.05, 0) is 24.3 Å². The molecule has 5 nitrogen and oxygen atoms in total. The van der Waals surface area contributed by atoms with Gasteiger partial charge >= 0.3 is 16.1 Å². The van der Waals surface area contributed by atoms with E-state index in [9.17, 15) is 13.2 Å². The van der Waals surface area contributed by atoms with Gasteiger partial charge in [-0.3, -0.25) is 0 Å². The number of esters is 1. The van der Waals surface area contributed by atoms with E-state index in [1.54, 1.807) is 30.3 Å². The molecular weight excluding hydrogens is 280 g/mol. The smallest absolute Gasteiger partial charge is 0.341 e. The van der Waals surface area contributed by atoms with E-state index < -0.39 is 16.1 Å². The van der Waals surface area contributed by atoms with E-state index in [0.29, 0.717) is 0 Å². The maximum atomic E-state index is 12.1. The molecule has 0 radical (unpaired) electrons. The lowest BCUT2D eigenvalue weighted by Crippen LogP contribution is -2.12. The van der Waals surface area contributed by atoms with Crippen LogP contribution in [-0.2, 0) is 14.9 Å². The van der Waals surface area contributed by atoms with Crippen LogP contribution in [0.4, 0.5) is 0 Å². The molecule has 0 heterocycles. The molecule has 2 aromatic carbocycles. The molecule has 0 amide bonds. The zero-order valence-corrected chi connectivity index (χ0v) is 11.5. The zero-order chi connectivity index (χ0) is 14.6. The second-order valence-corrected chi connectivity index (χ2v) is 5.38. The van der Waals surface area contributed by atoms with Gasteiger partial charge in [0.15, 0.2) is 5.75 Å². The maximum Gasteiger partial charge on any atom is 0.341 e. The fourth-order valence-corrected chi connectivity index (χ4v) is 2.54. The average molecular weight is 292 g/mol. The van der Waals surface area contributed by atoms with Gasteiger partial charge in [-0.2, -0.15) is 8.42 Å². The van der Waals surface area contributed by atoms with Gasteiger partial charge in [0.2, 0.25) is 0 Å². The van der Waals surface area contributed by atoms with Gasteiger partial charge in [0.1, 0.15) is 10.5 Å². The van der Waals surface area contributed by atoms with Crippen molar-refractivity contribution in [1.82, 2.24) is 0 Å². The Hall–Kier alpha value is -2.34. The second-order valence-electron chi connectivity index (χ2n) is 3.84. The van der Waals surface area contributed by atoms with E-state index in [1.165, 1.54) is 31.4 Å². The largest absolute Gasteiger partial charge is 0.465 e. The number of carbonyl (C=O) groups excluding carboxylic acids is 1. The lowest BCUT2D eigenvalue weighted by molar-refractivity contribution is 0.0599. The Kier molecular flexibility index (Phi) is 4.05. The Morgan fingerprint density at radius 3 is 2.20 bits per heavy atom. The van der Waals surface area contributed by atoms with E-state index in [0.717, 1.165) is 0 Å². The molecule has 0 N–H and O–H groups in total. The Morgan fingerprint density at radius 2 is 1.55 bits per heavy atom. The Labute approximate surface area is 116 Å². The Morgan fingerprint density at radius 1 is 0.950 bits per heavy atom. The quantitative estimate of drug-likeness (QED) is 0.638. The number of hydrogen-bond donors (Lipinski definition) is 0. The third-order valence-corrected chi connectivity index (χ3v) is 3.77. The lowest BCUT2D eigenvalue weighted by Gasteiger charge is -2.10. The van der Waals surface area contributed by atoms with Gasteiger partial charge in [0.05, 0.1) is 7.11 Å². The number of hydrogen-bond acceptors (Lipinski definition) is 5. The minimum atomic E-state index is -3.99. The molecule has 0 fully saturated rings. The molecule has 0 saturated carbocycles. The van der Waals surface area contributed by atoms with E-state index in [4.69, 9.17) is 4.18 Å². The Bertz CT molecular complexity index is 707. The summed E-state index contributed by atoms with van der Waals surface area (Å²) < 4.78 is 33.8. The van der Waals surface area contributed by atoms with Crippen LogP contribution < -0.4 is 4.18 Å². The molecule has 0 aliphatic heterocycles. The van der Waals surface area contributed by atoms with Crippen molar-refractivity contribution < 1.29 is 22.1 Å². The summed E-state index contributed by atoms with van der Waals surface area (Å²) in [6, 6.07) is 13.7. The summed E-state index contributed by atoms with van der Waals surface area (Å²) in [5.74, 6) is -0.730. The summed E-state index contributed by atoms with van der Waals surface area (Å²) in [5, 5.41) is 0. The molecule has 0 bridgehead atoms. The number of rotatable bonds is 4. The van der Waals surface area contributed by atoms with Crippen LogP contribution in [0.5, 0.6) is 5.75 Å². The highest BCUT2D eigenvalue weighted by atomic mass is 32.2. The molecule has 6 heteroatoms. The van der Waals surface area contributed by atoms with Gasteiger partial charge in [-0.1, -0.05) is 30.3 Å². The summed E-state index contributed by atoms with van der Waals surface area (Å²) in [5.41, 5.74) is 0.0505. The number of carbonyl (C=O) groups is 1. The maximum absolute atomic E-state index is 12.1. The predicted molar refractivity (Wildman–Crippen MR) is 72.0 cm³/mol. The van der Waals surface area contributed by atoms with Gasteiger partial charge < -0.3 is 8.92 Å². The zero-order valence-electron chi connectivity index (χ0n) is 10.6. The molecule has 0 aromatic heterocycles. The minimum absolute atomic E-state index is 0.0136. The molecule has 20 heavy (non-hydrogen) atoms. The third-order valence-electron chi connectivity index (χ3n) is 2.52. The van der Waals surface area contributed by atoms with E-state index in [-0.39, 0.29) is 16.2 Å². The molecule has 2 rings (SSSR count). The fourth-order valence-electron chi connectivity index (χ4n) is 1.57. The summed E-state index contributed by atoms with van der Waals surface area (Å²) in [6.07, 6.45) is 0. The van der Waals surface area contributed by atoms with Crippen LogP contribution in [0.1, 0.15) is 10.4 Å². The van der Waals surface area contributed by atoms with E-state index >= 15 is 0 Å². The van der Waals surface area contributed by atoms with Crippen LogP contribution in [0.25, 0.3) is 0 Å². The molecule has 0 aliphatic rings. The van der Waals surface area contributed by atoms with Crippen molar-refractivity contribution in [2.45, 2.75) is 4.90 Å². The highest BCUT2D eigenvalue weighted by molar-refractivity contribution is 7.87. The standard InChI is InChI=1S/C14H12O5S/c1-18-14(15)12-9-5-6-10-13(12)19-20(16,17)11-7-3-2-4-8-11/h2-10H,1H3. The molecule has 2 aromatic rings. The number of benzene rings is 2. The van der Waals surface area contributed by atoms with Crippen LogP contribution in [-0.4, -0.2) is 21.5 Å². The first-order valence-corrected chi connectivity index (χ1v) is 7.12. The van der Waals surface area contributed by atoms with Crippen molar-refractivity contribution in [2.24, 2.45) is 0 Å². The molecule has 0 atom stereocenters. The highest BCUT2D eigenvalue weighted by Crippen LogP contribution is 2.23. The first-order valence-electron chi connectivity index (χ1n) is 5.71. The number of ether oxygens (including phenoxy) is 1. The van der Waals surface area contributed by atoms with E-state index in [1.807, 2.05) is 0 Å². The van der Waals surface area contributed by atoms with Crippen LogP contribution in [0, 0.1) is 0 Å². The molecular formula is C14H12O5S. The van der Waals surface area contributed by atoms with Gasteiger partial charge in [0, 0.05) is 0 Å². The van der Waals surface area contributed by atoms with Crippen molar-refractivity contribution >= 4 is 16.1 Å². The average Bonchev–Trinajstić information content (AvgIpc) is 2.47. The third kappa shape index (κ3) is 2.97. The summed E-state index contributed by atoms with van der Waals surface area (Å²) >= 11 is 0. The van der Waals surface area contributed by atoms with Crippen LogP contribution >= 0.6 is 0 Å². The molecule has 0 aliphatic carbocycles. The minimum Gasteiger partial charge on any atom is -0.465 e. The first-order chi connectivity index (χ1) is 9.54. The van der Waals surface area contributed by atoms with Crippen LogP contribution in [0.2, 0.25) is 0 Å². The Balaban J connectivity index is 2.38. The van der Waals surface area contributed by atoms with Gasteiger partial charge in [0.25, 0.3) is 0 Å². The topological polar surface area (TPSA) is 69.7 Å².